The number of hydrogen-bond acceptors (Lipinski definition) is 5. The summed E-state index contributed by atoms with van der Waals surface area (Å²) < 4.78 is 4.65. The van der Waals surface area contributed by atoms with E-state index in [4.69, 9.17) is 5.11 Å². The molecule has 1 aliphatic heterocycles. The lowest BCUT2D eigenvalue weighted by atomic mass is 9.87. The number of pyridine rings is 1. The molecule has 0 aromatic carbocycles. The van der Waals surface area contributed by atoms with Gasteiger partial charge in [0, 0.05) is 25.2 Å². The Hall–Kier alpha value is -2.11. The van der Waals surface area contributed by atoms with Crippen LogP contribution in [0.3, 0.4) is 0 Å². The van der Waals surface area contributed by atoms with Gasteiger partial charge in [-0.15, -0.1) is 0 Å². The van der Waals surface area contributed by atoms with Crippen LogP contribution in [0, 0.1) is 11.8 Å². The Morgan fingerprint density at radius 3 is 2.79 bits per heavy atom. The van der Waals surface area contributed by atoms with Crippen LogP contribution in [0.15, 0.2) is 18.3 Å². The quantitative estimate of drug-likeness (QED) is 0.818. The normalized spacial score (nSPS) is 16.6. The molecular weight excluding hydrogens is 248 g/mol. The largest absolute Gasteiger partial charge is 0.481 e. The number of methoxy groups -OCH3 is 1. The maximum absolute atomic E-state index is 11.4. The van der Waals surface area contributed by atoms with E-state index in [-0.39, 0.29) is 11.8 Å². The number of carbonyl (C=O) groups is 2. The highest BCUT2D eigenvalue weighted by Gasteiger charge is 2.35. The first-order valence-corrected chi connectivity index (χ1v) is 6.05. The van der Waals surface area contributed by atoms with Crippen LogP contribution in [-0.4, -0.2) is 42.2 Å². The van der Waals surface area contributed by atoms with E-state index in [9.17, 15) is 9.59 Å². The van der Waals surface area contributed by atoms with Crippen LogP contribution in [0.1, 0.15) is 17.3 Å². The molecule has 1 unspecified atom stereocenters. The fourth-order valence-electron chi connectivity index (χ4n) is 2.05. The Kier molecular flexibility index (Phi) is 3.69. The van der Waals surface area contributed by atoms with Gasteiger partial charge in [-0.05, 0) is 12.1 Å². The van der Waals surface area contributed by atoms with E-state index in [1.807, 2.05) is 4.90 Å². The highest BCUT2D eigenvalue weighted by atomic mass is 16.5. The number of anilines is 1. The lowest BCUT2D eigenvalue weighted by molar-refractivity contribution is -0.143. The fourth-order valence-corrected chi connectivity index (χ4v) is 2.05. The number of carboxylic acid groups (broad SMARTS) is 1. The van der Waals surface area contributed by atoms with Gasteiger partial charge in [-0.3, -0.25) is 4.79 Å². The van der Waals surface area contributed by atoms with Crippen LogP contribution in [0.2, 0.25) is 0 Å². The molecule has 0 saturated carbocycles. The molecule has 102 valence electrons. The molecule has 1 fully saturated rings. The zero-order chi connectivity index (χ0) is 14.0. The number of carboxylic acids is 1. The van der Waals surface area contributed by atoms with Crippen molar-refractivity contribution in [3.05, 3.63) is 23.9 Å². The van der Waals surface area contributed by atoms with Gasteiger partial charge in [0.2, 0.25) is 0 Å². The number of nitrogens with zero attached hydrogens (tertiary/aromatic N) is 2. The van der Waals surface area contributed by atoms with Gasteiger partial charge in [0.1, 0.15) is 5.82 Å². The van der Waals surface area contributed by atoms with Crippen molar-refractivity contribution in [2.75, 3.05) is 25.1 Å². The van der Waals surface area contributed by atoms with E-state index in [1.54, 1.807) is 25.3 Å². The predicted molar refractivity (Wildman–Crippen MR) is 68.1 cm³/mol. The number of aliphatic carboxylic acids is 1. The molecule has 1 aromatic rings. The third-order valence-electron chi connectivity index (χ3n) is 3.50. The molecule has 19 heavy (non-hydrogen) atoms. The van der Waals surface area contributed by atoms with Gasteiger partial charge in [0.05, 0.1) is 18.6 Å². The van der Waals surface area contributed by atoms with Gasteiger partial charge in [-0.2, -0.15) is 0 Å². The molecule has 2 heterocycles. The number of hydrogen-bond donors (Lipinski definition) is 1. The van der Waals surface area contributed by atoms with Crippen molar-refractivity contribution in [1.82, 2.24) is 4.98 Å². The van der Waals surface area contributed by atoms with Gasteiger partial charge in [-0.1, -0.05) is 6.92 Å². The van der Waals surface area contributed by atoms with Gasteiger partial charge < -0.3 is 14.7 Å². The van der Waals surface area contributed by atoms with Gasteiger partial charge in [0.25, 0.3) is 0 Å². The lowest BCUT2D eigenvalue weighted by Gasteiger charge is -2.42. The molecule has 2 rings (SSSR count). The zero-order valence-electron chi connectivity index (χ0n) is 10.9. The molecule has 0 spiro atoms. The lowest BCUT2D eigenvalue weighted by Crippen LogP contribution is -2.51. The number of esters is 1. The van der Waals surface area contributed by atoms with Crippen LogP contribution < -0.4 is 4.90 Å². The summed E-state index contributed by atoms with van der Waals surface area (Å²) in [5.74, 6) is -0.738. The average molecular weight is 264 g/mol. The van der Waals surface area contributed by atoms with Crippen molar-refractivity contribution in [1.29, 1.82) is 0 Å². The van der Waals surface area contributed by atoms with Crippen molar-refractivity contribution in [2.24, 2.45) is 11.8 Å². The average Bonchev–Trinajstić information content (AvgIpc) is 2.36. The van der Waals surface area contributed by atoms with Crippen molar-refractivity contribution in [2.45, 2.75) is 6.92 Å². The standard InChI is InChI=1S/C13H16N2O4/c1-8(12(16)17)10-6-15(7-10)11-5-9(3-4-14-11)13(18)19-2/h3-5,8,10H,6-7H2,1-2H3,(H,16,17). The first kappa shape index (κ1) is 13.3. The van der Waals surface area contributed by atoms with Crippen LogP contribution in [0.25, 0.3) is 0 Å². The molecule has 6 nitrogen and oxygen atoms in total. The van der Waals surface area contributed by atoms with E-state index in [2.05, 4.69) is 9.72 Å². The maximum Gasteiger partial charge on any atom is 0.338 e. The van der Waals surface area contributed by atoms with Crippen molar-refractivity contribution < 1.29 is 19.4 Å². The molecule has 0 amide bonds. The topological polar surface area (TPSA) is 79.7 Å². The summed E-state index contributed by atoms with van der Waals surface area (Å²) >= 11 is 0. The van der Waals surface area contributed by atoms with E-state index < -0.39 is 11.9 Å². The number of carbonyl (C=O) groups excluding carboxylic acids is 1. The minimum absolute atomic E-state index is 0.126. The molecule has 1 saturated heterocycles. The first-order valence-electron chi connectivity index (χ1n) is 6.05. The summed E-state index contributed by atoms with van der Waals surface area (Å²) in [5.41, 5.74) is 0.447. The zero-order valence-corrected chi connectivity index (χ0v) is 10.9. The van der Waals surface area contributed by atoms with Gasteiger partial charge >= 0.3 is 11.9 Å². The monoisotopic (exact) mass is 264 g/mol. The molecule has 1 aliphatic rings. The van der Waals surface area contributed by atoms with Crippen LogP contribution in [-0.2, 0) is 9.53 Å². The predicted octanol–water partition coefficient (Wildman–Crippen LogP) is 1.03. The minimum Gasteiger partial charge on any atom is -0.481 e. The SMILES string of the molecule is COC(=O)c1ccnc(N2CC(C(C)C(=O)O)C2)c1. The summed E-state index contributed by atoms with van der Waals surface area (Å²) in [6, 6.07) is 3.25. The maximum atomic E-state index is 11.4. The number of aromatic nitrogens is 1. The summed E-state index contributed by atoms with van der Waals surface area (Å²) in [6.45, 7) is 3.00. The van der Waals surface area contributed by atoms with Crippen LogP contribution >= 0.6 is 0 Å². The molecule has 0 radical (unpaired) electrons. The second kappa shape index (κ2) is 5.26. The third kappa shape index (κ3) is 2.67. The fraction of sp³-hybridized carbons (Fsp3) is 0.462. The Morgan fingerprint density at radius 2 is 2.21 bits per heavy atom. The van der Waals surface area contributed by atoms with E-state index in [0.29, 0.717) is 24.5 Å². The molecule has 1 aromatic heterocycles. The Labute approximate surface area is 111 Å². The molecule has 1 N–H and O–H groups in total. The smallest absolute Gasteiger partial charge is 0.338 e. The Bertz CT molecular complexity index is 497. The minimum atomic E-state index is -0.777. The summed E-state index contributed by atoms with van der Waals surface area (Å²) in [6.07, 6.45) is 1.55. The van der Waals surface area contributed by atoms with Crippen LogP contribution in [0.5, 0.6) is 0 Å². The molecule has 0 bridgehead atoms. The molecule has 0 aliphatic carbocycles. The molecule has 6 heteroatoms. The number of rotatable bonds is 4. The summed E-state index contributed by atoms with van der Waals surface area (Å²) in [5, 5.41) is 8.93. The van der Waals surface area contributed by atoms with Gasteiger partial charge in [0.15, 0.2) is 0 Å². The summed E-state index contributed by atoms with van der Waals surface area (Å²) in [7, 11) is 1.33. The van der Waals surface area contributed by atoms with Crippen molar-refractivity contribution >= 4 is 17.8 Å². The Balaban J connectivity index is 2.02. The second-order valence-electron chi connectivity index (χ2n) is 4.69. The Morgan fingerprint density at radius 1 is 1.53 bits per heavy atom. The third-order valence-corrected chi connectivity index (χ3v) is 3.50. The van der Waals surface area contributed by atoms with E-state index in [1.165, 1.54) is 7.11 Å². The summed E-state index contributed by atoms with van der Waals surface area (Å²) in [4.78, 5) is 28.4. The van der Waals surface area contributed by atoms with Crippen LogP contribution in [0.4, 0.5) is 5.82 Å². The van der Waals surface area contributed by atoms with Crippen molar-refractivity contribution in [3.8, 4) is 0 Å². The highest BCUT2D eigenvalue weighted by molar-refractivity contribution is 5.90. The van der Waals surface area contributed by atoms with E-state index >= 15 is 0 Å². The second-order valence-corrected chi connectivity index (χ2v) is 4.69. The van der Waals surface area contributed by atoms with Crippen molar-refractivity contribution in [3.63, 3.8) is 0 Å². The highest BCUT2D eigenvalue weighted by Crippen LogP contribution is 2.28. The molecular formula is C13H16N2O4. The number of ether oxygens (including phenoxy) is 1. The first-order chi connectivity index (χ1) is 9.02. The molecule has 1 atom stereocenters. The van der Waals surface area contributed by atoms with E-state index in [0.717, 1.165) is 0 Å². The van der Waals surface area contributed by atoms with Gasteiger partial charge in [-0.25, -0.2) is 9.78 Å².